The van der Waals surface area contributed by atoms with Gasteiger partial charge in [-0.3, -0.25) is 5.10 Å². The van der Waals surface area contributed by atoms with Crippen LogP contribution in [-0.2, 0) is 6.54 Å². The van der Waals surface area contributed by atoms with Gasteiger partial charge in [0.05, 0.1) is 17.8 Å². The molecule has 2 unspecified atom stereocenters. The van der Waals surface area contributed by atoms with Crippen LogP contribution >= 0.6 is 0 Å². The molecule has 2 rings (SSSR count). The van der Waals surface area contributed by atoms with E-state index in [0.717, 1.165) is 42.6 Å². The molecular weight excluding hydrogens is 244 g/mol. The first-order valence-corrected chi connectivity index (χ1v) is 6.81. The number of nitrogens with zero attached hydrogens (tertiary/aromatic N) is 1. The Kier molecular flexibility index (Phi) is 4.42. The Morgan fingerprint density at radius 2 is 2.16 bits per heavy atom. The first-order chi connectivity index (χ1) is 9.08. The fourth-order valence-corrected chi connectivity index (χ4v) is 2.50. The molecule has 1 aromatic rings. The molecule has 106 valence electrons. The summed E-state index contributed by atoms with van der Waals surface area (Å²) in [7, 11) is 0. The third-order valence-corrected chi connectivity index (χ3v) is 3.75. The van der Waals surface area contributed by atoms with Gasteiger partial charge in [0, 0.05) is 17.8 Å². The SMILES string of the molecule is Cc1n[nH]c(C)c1CNC(=O)NC1CCCCC1O. The zero-order chi connectivity index (χ0) is 13.8. The highest BCUT2D eigenvalue weighted by molar-refractivity contribution is 5.74. The number of nitrogens with one attached hydrogen (secondary N) is 3. The Balaban J connectivity index is 1.81. The van der Waals surface area contributed by atoms with Gasteiger partial charge < -0.3 is 15.7 Å². The molecule has 4 N–H and O–H groups in total. The maximum atomic E-state index is 11.8. The lowest BCUT2D eigenvalue weighted by atomic mass is 9.93. The van der Waals surface area contributed by atoms with Gasteiger partial charge in [-0.2, -0.15) is 5.10 Å². The predicted octanol–water partition coefficient (Wildman–Crippen LogP) is 1.13. The third-order valence-electron chi connectivity index (χ3n) is 3.75. The second-order valence-electron chi connectivity index (χ2n) is 5.20. The summed E-state index contributed by atoms with van der Waals surface area (Å²) in [5, 5.41) is 22.4. The molecule has 1 aliphatic carbocycles. The molecule has 1 aromatic heterocycles. The minimum Gasteiger partial charge on any atom is -0.391 e. The number of hydrogen-bond donors (Lipinski definition) is 4. The van der Waals surface area contributed by atoms with E-state index in [2.05, 4.69) is 20.8 Å². The molecular formula is C13H22N4O2. The molecule has 1 fully saturated rings. The number of carbonyl (C=O) groups is 1. The van der Waals surface area contributed by atoms with Gasteiger partial charge in [-0.1, -0.05) is 12.8 Å². The molecule has 1 saturated carbocycles. The van der Waals surface area contributed by atoms with E-state index in [1.165, 1.54) is 0 Å². The topological polar surface area (TPSA) is 90.0 Å². The lowest BCUT2D eigenvalue weighted by molar-refractivity contribution is 0.0943. The molecule has 19 heavy (non-hydrogen) atoms. The Bertz CT molecular complexity index is 424. The summed E-state index contributed by atoms with van der Waals surface area (Å²) < 4.78 is 0. The van der Waals surface area contributed by atoms with Crippen LogP contribution in [0.4, 0.5) is 4.79 Å². The molecule has 0 aromatic carbocycles. The Morgan fingerprint density at radius 1 is 1.42 bits per heavy atom. The normalized spacial score (nSPS) is 23.1. The second-order valence-corrected chi connectivity index (χ2v) is 5.20. The number of aromatic nitrogens is 2. The maximum absolute atomic E-state index is 11.8. The number of amides is 2. The minimum atomic E-state index is -0.420. The van der Waals surface area contributed by atoms with Crippen molar-refractivity contribution < 1.29 is 9.90 Å². The largest absolute Gasteiger partial charge is 0.391 e. The Morgan fingerprint density at radius 3 is 2.79 bits per heavy atom. The van der Waals surface area contributed by atoms with E-state index in [1.807, 2.05) is 13.8 Å². The smallest absolute Gasteiger partial charge is 0.315 e. The fourth-order valence-electron chi connectivity index (χ4n) is 2.50. The Labute approximate surface area is 113 Å². The van der Waals surface area contributed by atoms with E-state index in [1.54, 1.807) is 0 Å². The monoisotopic (exact) mass is 266 g/mol. The number of carbonyl (C=O) groups excluding carboxylic acids is 1. The summed E-state index contributed by atoms with van der Waals surface area (Å²) in [6.07, 6.45) is 3.29. The zero-order valence-electron chi connectivity index (χ0n) is 11.5. The van der Waals surface area contributed by atoms with Crippen molar-refractivity contribution in [3.63, 3.8) is 0 Å². The average molecular weight is 266 g/mol. The number of rotatable bonds is 3. The van der Waals surface area contributed by atoms with Crippen molar-refractivity contribution in [2.45, 2.75) is 58.2 Å². The number of hydrogen-bond acceptors (Lipinski definition) is 3. The van der Waals surface area contributed by atoms with Gasteiger partial charge in [-0.05, 0) is 26.7 Å². The van der Waals surface area contributed by atoms with E-state index in [4.69, 9.17) is 0 Å². The number of aromatic amines is 1. The van der Waals surface area contributed by atoms with Crippen molar-refractivity contribution in [2.75, 3.05) is 0 Å². The maximum Gasteiger partial charge on any atom is 0.315 e. The first-order valence-electron chi connectivity index (χ1n) is 6.81. The highest BCUT2D eigenvalue weighted by Gasteiger charge is 2.24. The predicted molar refractivity (Wildman–Crippen MR) is 71.7 cm³/mol. The van der Waals surface area contributed by atoms with Crippen molar-refractivity contribution in [2.24, 2.45) is 0 Å². The van der Waals surface area contributed by atoms with Crippen LogP contribution in [0.5, 0.6) is 0 Å². The quantitative estimate of drug-likeness (QED) is 0.661. The lowest BCUT2D eigenvalue weighted by Crippen LogP contribution is -2.48. The van der Waals surface area contributed by atoms with Crippen LogP contribution in [-0.4, -0.2) is 33.5 Å². The van der Waals surface area contributed by atoms with Crippen LogP contribution in [0.15, 0.2) is 0 Å². The lowest BCUT2D eigenvalue weighted by Gasteiger charge is -2.28. The fraction of sp³-hybridized carbons (Fsp3) is 0.692. The highest BCUT2D eigenvalue weighted by Crippen LogP contribution is 2.18. The van der Waals surface area contributed by atoms with Crippen LogP contribution in [0.1, 0.15) is 42.6 Å². The van der Waals surface area contributed by atoms with Crippen LogP contribution in [0.2, 0.25) is 0 Å². The number of aliphatic hydroxyl groups excluding tert-OH is 1. The van der Waals surface area contributed by atoms with E-state index < -0.39 is 6.10 Å². The molecule has 0 radical (unpaired) electrons. The summed E-state index contributed by atoms with van der Waals surface area (Å²) in [5.41, 5.74) is 2.88. The third kappa shape index (κ3) is 3.47. The molecule has 2 atom stereocenters. The number of aryl methyl sites for hydroxylation is 2. The van der Waals surface area contributed by atoms with Gasteiger partial charge >= 0.3 is 6.03 Å². The van der Waals surface area contributed by atoms with Crippen molar-refractivity contribution >= 4 is 6.03 Å². The zero-order valence-corrected chi connectivity index (χ0v) is 11.5. The molecule has 2 amide bonds. The summed E-state index contributed by atoms with van der Waals surface area (Å²) in [4.78, 5) is 11.8. The molecule has 6 heteroatoms. The van der Waals surface area contributed by atoms with E-state index in [-0.39, 0.29) is 12.1 Å². The van der Waals surface area contributed by atoms with Gasteiger partial charge in [0.2, 0.25) is 0 Å². The van der Waals surface area contributed by atoms with E-state index in [9.17, 15) is 9.90 Å². The Hall–Kier alpha value is -1.56. The van der Waals surface area contributed by atoms with Crippen LogP contribution in [0.3, 0.4) is 0 Å². The number of urea groups is 1. The summed E-state index contributed by atoms with van der Waals surface area (Å²) in [6.45, 7) is 4.28. The average Bonchev–Trinajstić information content (AvgIpc) is 2.70. The van der Waals surface area contributed by atoms with Crippen molar-refractivity contribution in [3.05, 3.63) is 17.0 Å². The number of aliphatic hydroxyl groups is 1. The van der Waals surface area contributed by atoms with Crippen LogP contribution in [0, 0.1) is 13.8 Å². The van der Waals surface area contributed by atoms with Crippen molar-refractivity contribution in [1.82, 2.24) is 20.8 Å². The van der Waals surface area contributed by atoms with Crippen LogP contribution < -0.4 is 10.6 Å². The van der Waals surface area contributed by atoms with Gasteiger partial charge in [0.1, 0.15) is 0 Å². The number of H-pyrrole nitrogens is 1. The first kappa shape index (κ1) is 13.9. The van der Waals surface area contributed by atoms with Gasteiger partial charge in [0.15, 0.2) is 0 Å². The van der Waals surface area contributed by atoms with Crippen molar-refractivity contribution in [3.8, 4) is 0 Å². The molecule has 0 aliphatic heterocycles. The highest BCUT2D eigenvalue weighted by atomic mass is 16.3. The molecule has 6 nitrogen and oxygen atoms in total. The molecule has 0 saturated heterocycles. The van der Waals surface area contributed by atoms with Crippen LogP contribution in [0.25, 0.3) is 0 Å². The molecule has 0 bridgehead atoms. The molecule has 1 aliphatic rings. The van der Waals surface area contributed by atoms with E-state index in [0.29, 0.717) is 6.54 Å². The van der Waals surface area contributed by atoms with E-state index >= 15 is 0 Å². The summed E-state index contributed by atoms with van der Waals surface area (Å²) in [5.74, 6) is 0. The minimum absolute atomic E-state index is 0.125. The summed E-state index contributed by atoms with van der Waals surface area (Å²) in [6, 6.07) is -0.355. The van der Waals surface area contributed by atoms with Gasteiger partial charge in [-0.15, -0.1) is 0 Å². The standard InChI is InChI=1S/C13H22N4O2/c1-8-10(9(2)17-16-8)7-14-13(19)15-11-5-3-4-6-12(11)18/h11-12,18H,3-7H2,1-2H3,(H,16,17)(H2,14,15,19). The summed E-state index contributed by atoms with van der Waals surface area (Å²) >= 11 is 0. The molecule has 0 spiro atoms. The van der Waals surface area contributed by atoms with Gasteiger partial charge in [0.25, 0.3) is 0 Å². The van der Waals surface area contributed by atoms with Crippen molar-refractivity contribution in [1.29, 1.82) is 0 Å². The second kappa shape index (κ2) is 6.06. The van der Waals surface area contributed by atoms with Gasteiger partial charge in [-0.25, -0.2) is 4.79 Å². The molecule has 1 heterocycles.